The van der Waals surface area contributed by atoms with Crippen molar-refractivity contribution in [3.8, 4) is 0 Å². The summed E-state index contributed by atoms with van der Waals surface area (Å²) in [5.41, 5.74) is 0. The van der Waals surface area contributed by atoms with Crippen molar-refractivity contribution >= 4 is 15.7 Å². The number of rotatable bonds is 6. The van der Waals surface area contributed by atoms with E-state index in [1.807, 2.05) is 13.0 Å². The molecule has 1 unspecified atom stereocenters. The van der Waals surface area contributed by atoms with Crippen molar-refractivity contribution in [2.75, 3.05) is 17.3 Å². The molecule has 1 aromatic heterocycles. The second kappa shape index (κ2) is 5.22. The Morgan fingerprint density at radius 1 is 1.50 bits per heavy atom. The summed E-state index contributed by atoms with van der Waals surface area (Å²) < 4.78 is 22.2. The lowest BCUT2D eigenvalue weighted by Crippen LogP contribution is -2.20. The first-order valence-corrected chi connectivity index (χ1v) is 8.27. The van der Waals surface area contributed by atoms with Crippen LogP contribution in [0.25, 0.3) is 0 Å². The van der Waals surface area contributed by atoms with Crippen LogP contribution in [0.15, 0.2) is 12.3 Å². The van der Waals surface area contributed by atoms with E-state index in [1.54, 1.807) is 6.20 Å². The quantitative estimate of drug-likeness (QED) is 0.849. The molecule has 0 radical (unpaired) electrons. The molecule has 0 spiro atoms. The Balaban J connectivity index is 1.90. The summed E-state index contributed by atoms with van der Waals surface area (Å²) in [6.45, 7) is 1.96. The van der Waals surface area contributed by atoms with Crippen LogP contribution in [0.4, 0.5) is 5.82 Å². The van der Waals surface area contributed by atoms with Crippen molar-refractivity contribution < 1.29 is 8.42 Å². The van der Waals surface area contributed by atoms with Crippen LogP contribution in [0.5, 0.6) is 0 Å². The summed E-state index contributed by atoms with van der Waals surface area (Å²) in [4.78, 5) is 8.69. The molecule has 1 saturated carbocycles. The third-order valence-electron chi connectivity index (χ3n) is 2.93. The van der Waals surface area contributed by atoms with Crippen molar-refractivity contribution in [2.24, 2.45) is 0 Å². The summed E-state index contributed by atoms with van der Waals surface area (Å²) in [6, 6.07) is 1.91. The maximum atomic E-state index is 11.1. The molecule has 6 heteroatoms. The number of nitrogens with one attached hydrogen (secondary N) is 1. The van der Waals surface area contributed by atoms with Crippen LogP contribution in [0.2, 0.25) is 0 Å². The highest BCUT2D eigenvalue weighted by Crippen LogP contribution is 2.38. The zero-order chi connectivity index (χ0) is 13.2. The average molecular weight is 269 g/mol. The maximum Gasteiger partial charge on any atom is 0.147 e. The third-order valence-corrected chi connectivity index (χ3v) is 3.91. The highest BCUT2D eigenvalue weighted by atomic mass is 32.2. The first kappa shape index (κ1) is 13.3. The van der Waals surface area contributed by atoms with Crippen molar-refractivity contribution in [2.45, 2.75) is 38.1 Å². The van der Waals surface area contributed by atoms with E-state index in [1.165, 1.54) is 19.1 Å². The molecule has 2 rings (SSSR count). The van der Waals surface area contributed by atoms with E-state index < -0.39 is 9.84 Å². The largest absolute Gasteiger partial charge is 0.367 e. The van der Waals surface area contributed by atoms with Gasteiger partial charge in [0, 0.05) is 24.4 Å². The molecule has 1 aliphatic rings. The summed E-state index contributed by atoms with van der Waals surface area (Å²) in [5, 5.41) is 3.22. The van der Waals surface area contributed by atoms with Gasteiger partial charge in [-0.2, -0.15) is 0 Å². The number of hydrogen-bond donors (Lipinski definition) is 1. The Labute approximate surface area is 108 Å². The fourth-order valence-corrected chi connectivity index (χ4v) is 2.49. The molecule has 0 aromatic carbocycles. The molecule has 1 fully saturated rings. The van der Waals surface area contributed by atoms with Crippen LogP contribution in [0.3, 0.4) is 0 Å². The number of hydrogen-bond acceptors (Lipinski definition) is 5. The van der Waals surface area contributed by atoms with Gasteiger partial charge in [-0.05, 0) is 32.3 Å². The Morgan fingerprint density at radius 3 is 2.83 bits per heavy atom. The van der Waals surface area contributed by atoms with E-state index >= 15 is 0 Å². The number of anilines is 1. The first-order chi connectivity index (χ1) is 8.44. The topological polar surface area (TPSA) is 72.0 Å². The van der Waals surface area contributed by atoms with Crippen LogP contribution in [0, 0.1) is 0 Å². The summed E-state index contributed by atoms with van der Waals surface area (Å²) >= 11 is 0. The van der Waals surface area contributed by atoms with Crippen molar-refractivity contribution in [3.05, 3.63) is 18.1 Å². The molecule has 100 valence electrons. The van der Waals surface area contributed by atoms with Crippen molar-refractivity contribution in [3.63, 3.8) is 0 Å². The van der Waals surface area contributed by atoms with E-state index in [4.69, 9.17) is 0 Å². The molecular weight excluding hydrogens is 250 g/mol. The second-order valence-corrected chi connectivity index (χ2v) is 7.30. The number of nitrogens with zero attached hydrogens (tertiary/aromatic N) is 2. The van der Waals surface area contributed by atoms with Gasteiger partial charge in [-0.1, -0.05) is 0 Å². The molecule has 1 N–H and O–H groups in total. The van der Waals surface area contributed by atoms with E-state index in [0.717, 1.165) is 11.6 Å². The van der Waals surface area contributed by atoms with Gasteiger partial charge in [0.1, 0.15) is 21.5 Å². The Morgan fingerprint density at radius 2 is 2.22 bits per heavy atom. The SMILES string of the molecule is CC(CCS(C)(=O)=O)Nc1ccnc(C2CC2)n1. The lowest BCUT2D eigenvalue weighted by atomic mass is 10.2. The van der Waals surface area contributed by atoms with E-state index in [0.29, 0.717) is 12.3 Å². The minimum absolute atomic E-state index is 0.0849. The molecule has 1 aromatic rings. The monoisotopic (exact) mass is 269 g/mol. The molecule has 1 aliphatic carbocycles. The van der Waals surface area contributed by atoms with Gasteiger partial charge in [0.15, 0.2) is 0 Å². The predicted octanol–water partition coefficient (Wildman–Crippen LogP) is 1.59. The van der Waals surface area contributed by atoms with Crippen LogP contribution in [-0.4, -0.2) is 36.4 Å². The van der Waals surface area contributed by atoms with E-state index in [9.17, 15) is 8.42 Å². The lowest BCUT2D eigenvalue weighted by Gasteiger charge is -2.14. The van der Waals surface area contributed by atoms with Gasteiger partial charge in [-0.25, -0.2) is 18.4 Å². The fraction of sp³-hybridized carbons (Fsp3) is 0.667. The number of aromatic nitrogens is 2. The van der Waals surface area contributed by atoms with Gasteiger partial charge in [0.05, 0.1) is 5.75 Å². The van der Waals surface area contributed by atoms with Gasteiger partial charge in [-0.3, -0.25) is 0 Å². The molecule has 1 heterocycles. The molecule has 1 atom stereocenters. The number of sulfone groups is 1. The van der Waals surface area contributed by atoms with Crippen molar-refractivity contribution in [1.29, 1.82) is 0 Å². The summed E-state index contributed by atoms with van der Waals surface area (Å²) in [6.07, 6.45) is 5.95. The lowest BCUT2D eigenvalue weighted by molar-refractivity contribution is 0.595. The Hall–Kier alpha value is -1.17. The smallest absolute Gasteiger partial charge is 0.147 e. The molecular formula is C12H19N3O2S. The van der Waals surface area contributed by atoms with Gasteiger partial charge in [-0.15, -0.1) is 0 Å². The van der Waals surface area contributed by atoms with Crippen molar-refractivity contribution in [1.82, 2.24) is 9.97 Å². The fourth-order valence-electron chi connectivity index (χ4n) is 1.71. The van der Waals surface area contributed by atoms with Crippen LogP contribution in [0.1, 0.15) is 37.9 Å². The van der Waals surface area contributed by atoms with Crippen LogP contribution >= 0.6 is 0 Å². The third kappa shape index (κ3) is 4.25. The molecule has 5 nitrogen and oxygen atoms in total. The zero-order valence-corrected chi connectivity index (χ0v) is 11.6. The van der Waals surface area contributed by atoms with Gasteiger partial charge in [0.25, 0.3) is 0 Å². The molecule has 0 aliphatic heterocycles. The highest BCUT2D eigenvalue weighted by Gasteiger charge is 2.26. The highest BCUT2D eigenvalue weighted by molar-refractivity contribution is 7.90. The van der Waals surface area contributed by atoms with Gasteiger partial charge >= 0.3 is 0 Å². The predicted molar refractivity (Wildman–Crippen MR) is 71.4 cm³/mol. The maximum absolute atomic E-state index is 11.1. The molecule has 0 amide bonds. The average Bonchev–Trinajstić information content (AvgIpc) is 3.10. The minimum atomic E-state index is -2.90. The standard InChI is InChI=1S/C12H19N3O2S/c1-9(6-8-18(2,16)17)14-11-5-7-13-12(15-11)10-3-4-10/h5,7,9-10H,3-4,6,8H2,1-2H3,(H,13,14,15). The molecule has 0 bridgehead atoms. The van der Waals surface area contributed by atoms with Gasteiger partial charge in [0.2, 0.25) is 0 Å². The molecule has 18 heavy (non-hydrogen) atoms. The van der Waals surface area contributed by atoms with Crippen LogP contribution in [-0.2, 0) is 9.84 Å². The van der Waals surface area contributed by atoms with Gasteiger partial charge < -0.3 is 5.32 Å². The van der Waals surface area contributed by atoms with E-state index in [-0.39, 0.29) is 11.8 Å². The normalized spacial score (nSPS) is 17.4. The molecule has 0 saturated heterocycles. The first-order valence-electron chi connectivity index (χ1n) is 6.21. The second-order valence-electron chi connectivity index (χ2n) is 5.04. The Bertz CT molecular complexity index is 512. The van der Waals surface area contributed by atoms with Crippen LogP contribution < -0.4 is 5.32 Å². The Kier molecular flexibility index (Phi) is 3.85. The zero-order valence-electron chi connectivity index (χ0n) is 10.8. The summed E-state index contributed by atoms with van der Waals surface area (Å²) in [5.74, 6) is 2.41. The summed E-state index contributed by atoms with van der Waals surface area (Å²) in [7, 11) is -2.90. The minimum Gasteiger partial charge on any atom is -0.367 e. The van der Waals surface area contributed by atoms with E-state index in [2.05, 4.69) is 15.3 Å².